The minimum atomic E-state index is -4.11. The van der Waals surface area contributed by atoms with Crippen molar-refractivity contribution >= 4 is 39.1 Å². The second kappa shape index (κ2) is 12.6. The molecule has 0 bridgehead atoms. The van der Waals surface area contributed by atoms with Gasteiger partial charge in [0.1, 0.15) is 12.6 Å². The number of likely N-dealkylation sites (N-methyl/N-ethyl adjacent to an activating group) is 1. The average molecular weight is 528 g/mol. The molecule has 9 heteroatoms. The highest BCUT2D eigenvalue weighted by Crippen LogP contribution is 2.25. The number of nitrogens with zero attached hydrogens (tertiary/aromatic N) is 2. The summed E-state index contributed by atoms with van der Waals surface area (Å²) in [4.78, 5) is 28.1. The van der Waals surface area contributed by atoms with E-state index in [4.69, 9.17) is 11.6 Å². The van der Waals surface area contributed by atoms with Crippen LogP contribution in [0.4, 0.5) is 5.69 Å². The van der Waals surface area contributed by atoms with Crippen molar-refractivity contribution < 1.29 is 18.0 Å². The van der Waals surface area contributed by atoms with Gasteiger partial charge in [-0.25, -0.2) is 8.42 Å². The van der Waals surface area contributed by atoms with E-state index in [0.717, 1.165) is 9.87 Å². The van der Waals surface area contributed by atoms with Crippen LogP contribution in [-0.4, -0.2) is 44.3 Å². The molecule has 0 heterocycles. The van der Waals surface area contributed by atoms with E-state index in [1.54, 1.807) is 30.3 Å². The van der Waals surface area contributed by atoms with E-state index in [1.165, 1.54) is 29.2 Å². The van der Waals surface area contributed by atoms with Crippen molar-refractivity contribution in [3.63, 3.8) is 0 Å². The van der Waals surface area contributed by atoms with Gasteiger partial charge in [-0.3, -0.25) is 13.9 Å². The predicted molar refractivity (Wildman–Crippen MR) is 142 cm³/mol. The molecule has 0 aliphatic heterocycles. The lowest BCUT2D eigenvalue weighted by molar-refractivity contribution is -0.140. The van der Waals surface area contributed by atoms with E-state index in [9.17, 15) is 18.0 Å². The summed E-state index contributed by atoms with van der Waals surface area (Å²) in [6, 6.07) is 22.8. The molecule has 0 spiro atoms. The van der Waals surface area contributed by atoms with E-state index in [-0.39, 0.29) is 17.3 Å². The van der Waals surface area contributed by atoms with Crippen LogP contribution in [-0.2, 0) is 26.2 Å². The topological polar surface area (TPSA) is 86.8 Å². The van der Waals surface area contributed by atoms with Crippen LogP contribution in [0.1, 0.15) is 25.8 Å². The second-order valence-electron chi connectivity index (χ2n) is 8.13. The monoisotopic (exact) mass is 527 g/mol. The summed E-state index contributed by atoms with van der Waals surface area (Å²) < 4.78 is 28.4. The maximum atomic E-state index is 13.8. The normalized spacial score (nSPS) is 12.0. The van der Waals surface area contributed by atoms with Crippen LogP contribution in [0.25, 0.3) is 0 Å². The summed E-state index contributed by atoms with van der Waals surface area (Å²) >= 11 is 5.96. The molecule has 3 rings (SSSR count). The molecule has 1 N–H and O–H groups in total. The van der Waals surface area contributed by atoms with Gasteiger partial charge in [-0.05, 0) is 55.3 Å². The highest BCUT2D eigenvalue weighted by Gasteiger charge is 2.33. The highest BCUT2D eigenvalue weighted by molar-refractivity contribution is 7.92. The SMILES string of the molecule is CCNC(=O)[C@H](CC)N(Cc1ccccc1)C(=O)CN(c1ccccc1)S(=O)(=O)c1ccc(Cl)cc1. The third-order valence-corrected chi connectivity index (χ3v) is 7.70. The van der Waals surface area contributed by atoms with Gasteiger partial charge < -0.3 is 10.2 Å². The van der Waals surface area contributed by atoms with Gasteiger partial charge in [0.2, 0.25) is 11.8 Å². The van der Waals surface area contributed by atoms with Crippen LogP contribution in [0.5, 0.6) is 0 Å². The van der Waals surface area contributed by atoms with Gasteiger partial charge in [0.15, 0.2) is 0 Å². The maximum absolute atomic E-state index is 13.8. The second-order valence-corrected chi connectivity index (χ2v) is 10.4. The predicted octanol–water partition coefficient (Wildman–Crippen LogP) is 4.48. The molecular weight excluding hydrogens is 498 g/mol. The Bertz CT molecular complexity index is 1250. The number of amides is 2. The third-order valence-electron chi connectivity index (χ3n) is 5.66. The molecule has 36 heavy (non-hydrogen) atoms. The van der Waals surface area contributed by atoms with Crippen LogP contribution in [0, 0.1) is 0 Å². The molecule has 3 aromatic rings. The molecular formula is C27H30ClN3O4S. The minimum Gasteiger partial charge on any atom is -0.355 e. The fourth-order valence-corrected chi connectivity index (χ4v) is 5.39. The number of benzene rings is 3. The number of halogens is 1. The number of rotatable bonds is 11. The molecule has 3 aromatic carbocycles. The fraction of sp³-hybridized carbons (Fsp3) is 0.259. The number of carbonyl (C=O) groups is 2. The minimum absolute atomic E-state index is 0.00827. The molecule has 7 nitrogen and oxygen atoms in total. The first-order valence-corrected chi connectivity index (χ1v) is 13.5. The molecule has 0 aromatic heterocycles. The summed E-state index contributed by atoms with van der Waals surface area (Å²) in [5.74, 6) is -0.769. The Balaban J connectivity index is 2.02. The van der Waals surface area contributed by atoms with Crippen LogP contribution < -0.4 is 9.62 Å². The van der Waals surface area contributed by atoms with Gasteiger partial charge in [0.25, 0.3) is 10.0 Å². The number of para-hydroxylation sites is 1. The Hall–Kier alpha value is -3.36. The highest BCUT2D eigenvalue weighted by atomic mass is 35.5. The first-order valence-electron chi connectivity index (χ1n) is 11.7. The first kappa shape index (κ1) is 27.2. The standard InChI is InChI=1S/C27H30ClN3O4S/c1-3-25(27(33)29-4-2)30(19-21-11-7-5-8-12-21)26(32)20-31(23-13-9-6-10-14-23)36(34,35)24-17-15-22(28)16-18-24/h5-18,25H,3-4,19-20H2,1-2H3,(H,29,33)/t25-/m0/s1. The van der Waals surface area contributed by atoms with E-state index < -0.39 is 28.5 Å². The number of nitrogens with one attached hydrogen (secondary N) is 1. The van der Waals surface area contributed by atoms with Crippen molar-refractivity contribution in [3.05, 3.63) is 95.5 Å². The zero-order valence-corrected chi connectivity index (χ0v) is 21.9. The molecule has 0 aliphatic rings. The van der Waals surface area contributed by atoms with E-state index in [1.807, 2.05) is 44.2 Å². The smallest absolute Gasteiger partial charge is 0.264 e. The van der Waals surface area contributed by atoms with Crippen molar-refractivity contribution in [2.75, 3.05) is 17.4 Å². The molecule has 0 aliphatic carbocycles. The van der Waals surface area contributed by atoms with Gasteiger partial charge in [-0.2, -0.15) is 0 Å². The average Bonchev–Trinajstić information content (AvgIpc) is 2.88. The van der Waals surface area contributed by atoms with Crippen molar-refractivity contribution in [1.82, 2.24) is 10.2 Å². The Kier molecular flexibility index (Phi) is 9.50. The fourth-order valence-electron chi connectivity index (χ4n) is 3.85. The number of anilines is 1. The lowest BCUT2D eigenvalue weighted by Crippen LogP contribution is -2.52. The molecule has 2 amide bonds. The van der Waals surface area contributed by atoms with Gasteiger partial charge >= 0.3 is 0 Å². The summed E-state index contributed by atoms with van der Waals surface area (Å²) in [7, 11) is -4.11. The van der Waals surface area contributed by atoms with E-state index >= 15 is 0 Å². The molecule has 1 atom stereocenters. The lowest BCUT2D eigenvalue weighted by Gasteiger charge is -2.33. The molecule has 0 saturated heterocycles. The number of carbonyl (C=O) groups excluding carboxylic acids is 2. The van der Waals surface area contributed by atoms with Gasteiger partial charge in [0.05, 0.1) is 10.6 Å². The summed E-state index contributed by atoms with van der Waals surface area (Å²) in [5.41, 5.74) is 1.17. The molecule has 0 unspecified atom stereocenters. The Morgan fingerprint density at radius 1 is 0.889 bits per heavy atom. The van der Waals surface area contributed by atoms with Crippen molar-refractivity contribution in [3.8, 4) is 0 Å². The zero-order valence-electron chi connectivity index (χ0n) is 20.3. The van der Waals surface area contributed by atoms with Crippen molar-refractivity contribution in [2.45, 2.75) is 37.8 Å². The summed E-state index contributed by atoms with van der Waals surface area (Å²) in [6.07, 6.45) is 0.375. The quantitative estimate of drug-likeness (QED) is 0.398. The summed E-state index contributed by atoms with van der Waals surface area (Å²) in [6.45, 7) is 3.74. The number of sulfonamides is 1. The summed E-state index contributed by atoms with van der Waals surface area (Å²) in [5, 5.41) is 3.19. The number of hydrogen-bond donors (Lipinski definition) is 1. The largest absolute Gasteiger partial charge is 0.355 e. The van der Waals surface area contributed by atoms with E-state index in [0.29, 0.717) is 23.7 Å². The lowest BCUT2D eigenvalue weighted by atomic mass is 10.1. The molecule has 0 radical (unpaired) electrons. The molecule has 190 valence electrons. The van der Waals surface area contributed by atoms with Crippen LogP contribution >= 0.6 is 11.6 Å². The van der Waals surface area contributed by atoms with Crippen LogP contribution in [0.15, 0.2) is 89.8 Å². The Labute approximate surface area is 217 Å². The number of hydrogen-bond acceptors (Lipinski definition) is 4. The van der Waals surface area contributed by atoms with Crippen molar-refractivity contribution in [2.24, 2.45) is 0 Å². The van der Waals surface area contributed by atoms with Gasteiger partial charge in [-0.15, -0.1) is 0 Å². The van der Waals surface area contributed by atoms with Gasteiger partial charge in [0, 0.05) is 18.1 Å². The van der Waals surface area contributed by atoms with Crippen LogP contribution in [0.3, 0.4) is 0 Å². The third kappa shape index (κ3) is 6.65. The Morgan fingerprint density at radius 2 is 1.47 bits per heavy atom. The first-order chi connectivity index (χ1) is 17.3. The Morgan fingerprint density at radius 3 is 2.03 bits per heavy atom. The van der Waals surface area contributed by atoms with Crippen LogP contribution in [0.2, 0.25) is 5.02 Å². The zero-order chi connectivity index (χ0) is 26.1. The maximum Gasteiger partial charge on any atom is 0.264 e. The van der Waals surface area contributed by atoms with Gasteiger partial charge in [-0.1, -0.05) is 67.1 Å². The molecule has 0 saturated carbocycles. The molecule has 0 fully saturated rings. The van der Waals surface area contributed by atoms with Crippen molar-refractivity contribution in [1.29, 1.82) is 0 Å². The van der Waals surface area contributed by atoms with E-state index in [2.05, 4.69) is 5.32 Å².